The van der Waals surface area contributed by atoms with Crippen LogP contribution in [0.25, 0.3) is 0 Å². The number of nitrogens with two attached hydrogens (primary N) is 1. The zero-order chi connectivity index (χ0) is 17.0. The molecule has 0 aliphatic carbocycles. The Balaban J connectivity index is 1.92. The van der Waals surface area contributed by atoms with Gasteiger partial charge in [-0.3, -0.25) is 9.69 Å². The number of para-hydroxylation sites is 1. The first-order valence-corrected chi connectivity index (χ1v) is 7.03. The molecule has 2 N–H and O–H groups in total. The number of rotatable bonds is 5. The quantitative estimate of drug-likeness (QED) is 0.889. The number of halogens is 3. The van der Waals surface area contributed by atoms with E-state index in [9.17, 15) is 18.0 Å². The molecule has 2 atom stereocenters. The van der Waals surface area contributed by atoms with Crippen molar-refractivity contribution in [2.75, 3.05) is 26.2 Å². The van der Waals surface area contributed by atoms with Crippen molar-refractivity contribution in [2.45, 2.75) is 6.18 Å². The number of alkyl halides is 3. The molecule has 1 aliphatic heterocycles. The number of amides is 1. The highest BCUT2D eigenvalue weighted by atomic mass is 19.4. The molecule has 1 aromatic rings. The van der Waals surface area contributed by atoms with Gasteiger partial charge in [0.2, 0.25) is 5.91 Å². The fourth-order valence-electron chi connectivity index (χ4n) is 2.66. The van der Waals surface area contributed by atoms with E-state index in [2.05, 4.69) is 0 Å². The lowest BCUT2D eigenvalue weighted by Crippen LogP contribution is -2.37. The molecule has 8 heteroatoms. The Kier molecular flexibility index (Phi) is 5.11. The van der Waals surface area contributed by atoms with Crippen molar-refractivity contribution >= 4 is 5.91 Å². The number of nitrogens with zero attached hydrogens (tertiary/aromatic N) is 2. The maximum atomic E-state index is 12.9. The van der Waals surface area contributed by atoms with E-state index in [0.29, 0.717) is 11.3 Å². The van der Waals surface area contributed by atoms with Gasteiger partial charge in [0, 0.05) is 19.6 Å². The van der Waals surface area contributed by atoms with Crippen molar-refractivity contribution in [1.29, 1.82) is 5.26 Å². The van der Waals surface area contributed by atoms with Crippen LogP contribution in [0.4, 0.5) is 13.2 Å². The van der Waals surface area contributed by atoms with Crippen molar-refractivity contribution in [3.05, 3.63) is 29.8 Å². The third-order valence-corrected chi connectivity index (χ3v) is 3.85. The van der Waals surface area contributed by atoms with Crippen LogP contribution in [0.5, 0.6) is 5.75 Å². The van der Waals surface area contributed by atoms with Gasteiger partial charge in [0.25, 0.3) is 0 Å². The highest BCUT2D eigenvalue weighted by Crippen LogP contribution is 2.37. The summed E-state index contributed by atoms with van der Waals surface area (Å²) in [5.41, 5.74) is 5.43. The van der Waals surface area contributed by atoms with Gasteiger partial charge in [-0.15, -0.1) is 0 Å². The third kappa shape index (κ3) is 4.13. The number of carbonyl (C=O) groups is 1. The summed E-state index contributed by atoms with van der Waals surface area (Å²) in [5, 5.41) is 8.93. The Bertz CT molecular complexity index is 613. The van der Waals surface area contributed by atoms with Crippen LogP contribution in [0.15, 0.2) is 24.3 Å². The number of nitriles is 1. The van der Waals surface area contributed by atoms with E-state index in [1.807, 2.05) is 6.07 Å². The lowest BCUT2D eigenvalue weighted by molar-refractivity contribution is -0.182. The average molecular weight is 327 g/mol. The van der Waals surface area contributed by atoms with Crippen molar-refractivity contribution in [1.82, 2.24) is 4.90 Å². The van der Waals surface area contributed by atoms with E-state index in [-0.39, 0.29) is 26.2 Å². The first-order valence-electron chi connectivity index (χ1n) is 7.03. The SMILES string of the molecule is N#Cc1ccccc1OCCN1C[C@@H](C(F)(F)F)[C@H](C(N)=O)C1. The average Bonchev–Trinajstić information content (AvgIpc) is 2.92. The van der Waals surface area contributed by atoms with E-state index in [1.165, 1.54) is 4.90 Å². The van der Waals surface area contributed by atoms with Crippen LogP contribution >= 0.6 is 0 Å². The molecule has 1 aromatic carbocycles. The molecule has 124 valence electrons. The predicted octanol–water partition coefficient (Wildman–Crippen LogP) is 1.53. The first-order chi connectivity index (χ1) is 10.8. The second-order valence-corrected chi connectivity index (χ2v) is 5.37. The molecule has 0 saturated carbocycles. The standard InChI is InChI=1S/C15H16F3N3O2/c16-15(17,18)12-9-21(8-11(12)14(20)22)5-6-23-13-4-2-1-3-10(13)7-19/h1-4,11-12H,5-6,8-9H2,(H2,20,22)/t11-,12-/m1/s1. The number of benzene rings is 1. The smallest absolute Gasteiger partial charge is 0.393 e. The zero-order valence-electron chi connectivity index (χ0n) is 12.2. The normalized spacial score (nSPS) is 21.8. The maximum absolute atomic E-state index is 12.9. The van der Waals surface area contributed by atoms with Crippen molar-refractivity contribution in [2.24, 2.45) is 17.6 Å². The Morgan fingerprint density at radius 2 is 2.09 bits per heavy atom. The monoisotopic (exact) mass is 327 g/mol. The van der Waals surface area contributed by atoms with Gasteiger partial charge in [-0.05, 0) is 12.1 Å². The van der Waals surface area contributed by atoms with Gasteiger partial charge in [0.1, 0.15) is 18.4 Å². The van der Waals surface area contributed by atoms with E-state index in [4.69, 9.17) is 15.7 Å². The molecule has 0 aromatic heterocycles. The summed E-state index contributed by atoms with van der Waals surface area (Å²) in [6.07, 6.45) is -4.46. The van der Waals surface area contributed by atoms with Crippen molar-refractivity contribution < 1.29 is 22.7 Å². The Morgan fingerprint density at radius 3 is 2.65 bits per heavy atom. The summed E-state index contributed by atoms with van der Waals surface area (Å²) in [7, 11) is 0. The summed E-state index contributed by atoms with van der Waals surface area (Å²) < 4.78 is 44.2. The molecule has 1 amide bonds. The molecule has 1 aliphatic rings. The lowest BCUT2D eigenvalue weighted by atomic mass is 9.95. The molecule has 1 heterocycles. The number of likely N-dealkylation sites (tertiary alicyclic amines) is 1. The highest BCUT2D eigenvalue weighted by Gasteiger charge is 2.51. The molecule has 0 bridgehead atoms. The van der Waals surface area contributed by atoms with Crippen molar-refractivity contribution in [3.63, 3.8) is 0 Å². The summed E-state index contributed by atoms with van der Waals surface area (Å²) >= 11 is 0. The van der Waals surface area contributed by atoms with Gasteiger partial charge >= 0.3 is 6.18 Å². The Labute approximate surface area is 131 Å². The molecular weight excluding hydrogens is 311 g/mol. The summed E-state index contributed by atoms with van der Waals surface area (Å²) in [4.78, 5) is 12.7. The molecule has 1 fully saturated rings. The highest BCUT2D eigenvalue weighted by molar-refractivity contribution is 5.77. The van der Waals surface area contributed by atoms with Crippen LogP contribution in [-0.4, -0.2) is 43.2 Å². The molecular formula is C15H16F3N3O2. The number of ether oxygens (including phenoxy) is 1. The topological polar surface area (TPSA) is 79.3 Å². The fraction of sp³-hybridized carbons (Fsp3) is 0.467. The summed E-state index contributed by atoms with van der Waals surface area (Å²) in [6, 6.07) is 8.58. The molecule has 5 nitrogen and oxygen atoms in total. The van der Waals surface area contributed by atoms with Crippen LogP contribution < -0.4 is 10.5 Å². The van der Waals surface area contributed by atoms with Gasteiger partial charge in [-0.1, -0.05) is 12.1 Å². The second-order valence-electron chi connectivity index (χ2n) is 5.37. The maximum Gasteiger partial charge on any atom is 0.393 e. The first kappa shape index (κ1) is 17.1. The van der Waals surface area contributed by atoms with E-state index in [1.54, 1.807) is 24.3 Å². The fourth-order valence-corrected chi connectivity index (χ4v) is 2.66. The van der Waals surface area contributed by atoms with Crippen LogP contribution in [-0.2, 0) is 4.79 Å². The Morgan fingerprint density at radius 1 is 1.39 bits per heavy atom. The number of carbonyl (C=O) groups excluding carboxylic acids is 1. The van der Waals surface area contributed by atoms with Crippen molar-refractivity contribution in [3.8, 4) is 11.8 Å². The minimum absolute atomic E-state index is 0.0389. The molecule has 1 saturated heterocycles. The Hall–Kier alpha value is -2.27. The predicted molar refractivity (Wildman–Crippen MR) is 75.3 cm³/mol. The molecule has 0 spiro atoms. The van der Waals surface area contributed by atoms with Gasteiger partial charge in [0.15, 0.2) is 0 Å². The van der Waals surface area contributed by atoms with Gasteiger partial charge < -0.3 is 10.5 Å². The van der Waals surface area contributed by atoms with Gasteiger partial charge in [-0.25, -0.2) is 0 Å². The van der Waals surface area contributed by atoms with Crippen LogP contribution in [0, 0.1) is 23.2 Å². The largest absolute Gasteiger partial charge is 0.491 e. The number of hydrogen-bond donors (Lipinski definition) is 1. The minimum atomic E-state index is -4.46. The number of primary amides is 1. The second kappa shape index (κ2) is 6.87. The summed E-state index contributed by atoms with van der Waals surface area (Å²) in [6.45, 7) is 0.0218. The van der Waals surface area contributed by atoms with E-state index < -0.39 is 23.9 Å². The van der Waals surface area contributed by atoms with Gasteiger partial charge in [0.05, 0.1) is 17.4 Å². The van der Waals surface area contributed by atoms with Crippen LogP contribution in [0.3, 0.4) is 0 Å². The van der Waals surface area contributed by atoms with E-state index >= 15 is 0 Å². The molecule has 2 rings (SSSR count). The van der Waals surface area contributed by atoms with Crippen LogP contribution in [0.2, 0.25) is 0 Å². The zero-order valence-corrected chi connectivity index (χ0v) is 12.2. The number of hydrogen-bond acceptors (Lipinski definition) is 4. The lowest BCUT2D eigenvalue weighted by Gasteiger charge is -2.19. The third-order valence-electron chi connectivity index (χ3n) is 3.85. The summed E-state index contributed by atoms with van der Waals surface area (Å²) in [5.74, 6) is -3.54. The molecule has 0 unspecified atom stereocenters. The van der Waals surface area contributed by atoms with Crippen LogP contribution in [0.1, 0.15) is 5.56 Å². The molecule has 0 radical (unpaired) electrons. The minimum Gasteiger partial charge on any atom is -0.491 e. The van der Waals surface area contributed by atoms with E-state index in [0.717, 1.165) is 0 Å². The van der Waals surface area contributed by atoms with Gasteiger partial charge in [-0.2, -0.15) is 18.4 Å². The molecule has 23 heavy (non-hydrogen) atoms.